The predicted octanol–water partition coefficient (Wildman–Crippen LogP) is 2.52. The second-order valence-electron chi connectivity index (χ2n) is 4.10. The molecule has 0 fully saturated rings. The Morgan fingerprint density at radius 2 is 1.80 bits per heavy atom. The number of nitrogens with zero attached hydrogens (tertiary/aromatic N) is 1. The number of hydrogen-bond acceptors (Lipinski definition) is 3. The zero-order chi connectivity index (χ0) is 14.4. The molecule has 0 radical (unpaired) electrons. The van der Waals surface area contributed by atoms with E-state index in [0.29, 0.717) is 10.6 Å². The first-order valence-electron chi connectivity index (χ1n) is 5.98. The Balaban J connectivity index is 1.93. The van der Waals surface area contributed by atoms with E-state index in [1.165, 1.54) is 6.21 Å². The second-order valence-corrected chi connectivity index (χ2v) is 4.54. The number of aliphatic hydroxyl groups is 1. The van der Waals surface area contributed by atoms with Gasteiger partial charge < -0.3 is 5.11 Å². The van der Waals surface area contributed by atoms with Gasteiger partial charge in [-0.3, -0.25) is 4.79 Å². The summed E-state index contributed by atoms with van der Waals surface area (Å²) in [4.78, 5) is 11.7. The smallest absolute Gasteiger partial charge is 0.273 e. The van der Waals surface area contributed by atoms with Crippen LogP contribution >= 0.6 is 11.6 Å². The predicted molar refractivity (Wildman–Crippen MR) is 78.6 cm³/mol. The molecular formula is C15H13ClN2O2. The van der Waals surface area contributed by atoms with Crippen LogP contribution < -0.4 is 5.43 Å². The topological polar surface area (TPSA) is 61.7 Å². The van der Waals surface area contributed by atoms with Gasteiger partial charge in [0, 0.05) is 5.02 Å². The molecule has 2 aromatic rings. The number of halogens is 1. The summed E-state index contributed by atoms with van der Waals surface area (Å²) in [7, 11) is 0. The molecule has 5 heteroatoms. The van der Waals surface area contributed by atoms with Crippen LogP contribution in [0, 0.1) is 0 Å². The molecule has 0 aromatic heterocycles. The van der Waals surface area contributed by atoms with Crippen LogP contribution in [0.4, 0.5) is 0 Å². The zero-order valence-electron chi connectivity index (χ0n) is 10.5. The fraction of sp³-hybridized carbons (Fsp3) is 0.0667. The summed E-state index contributed by atoms with van der Waals surface area (Å²) in [6, 6.07) is 15.7. The number of carbonyl (C=O) groups is 1. The van der Waals surface area contributed by atoms with Crippen molar-refractivity contribution in [1.82, 2.24) is 5.43 Å². The number of aliphatic hydroxyl groups excluding tert-OH is 1. The SMILES string of the molecule is O=C(N/N=C\c1ccc(Cl)cc1)[C@H](O)c1ccccc1. The molecule has 20 heavy (non-hydrogen) atoms. The first-order valence-corrected chi connectivity index (χ1v) is 6.36. The van der Waals surface area contributed by atoms with E-state index in [1.54, 1.807) is 48.5 Å². The van der Waals surface area contributed by atoms with Gasteiger partial charge in [0.05, 0.1) is 6.21 Å². The normalized spacial score (nSPS) is 12.3. The molecule has 2 N–H and O–H groups in total. The van der Waals surface area contributed by atoms with Crippen LogP contribution in [0.15, 0.2) is 59.7 Å². The van der Waals surface area contributed by atoms with Crippen LogP contribution in [0.1, 0.15) is 17.2 Å². The lowest BCUT2D eigenvalue weighted by Gasteiger charge is -2.08. The van der Waals surface area contributed by atoms with Crippen LogP contribution in [-0.2, 0) is 4.79 Å². The molecule has 1 atom stereocenters. The van der Waals surface area contributed by atoms with E-state index >= 15 is 0 Å². The van der Waals surface area contributed by atoms with Gasteiger partial charge in [-0.1, -0.05) is 54.1 Å². The fourth-order valence-electron chi connectivity index (χ4n) is 1.57. The molecule has 0 unspecified atom stereocenters. The van der Waals surface area contributed by atoms with Gasteiger partial charge in [-0.05, 0) is 23.3 Å². The van der Waals surface area contributed by atoms with Gasteiger partial charge in [0.1, 0.15) is 0 Å². The number of benzene rings is 2. The lowest BCUT2D eigenvalue weighted by molar-refractivity contribution is -0.129. The summed E-state index contributed by atoms with van der Waals surface area (Å²) in [6.07, 6.45) is 0.241. The molecular weight excluding hydrogens is 276 g/mol. The van der Waals surface area contributed by atoms with E-state index in [0.717, 1.165) is 5.56 Å². The average molecular weight is 289 g/mol. The quantitative estimate of drug-likeness (QED) is 0.671. The van der Waals surface area contributed by atoms with Crippen molar-refractivity contribution in [2.75, 3.05) is 0 Å². The van der Waals surface area contributed by atoms with Crippen LogP contribution in [0.25, 0.3) is 0 Å². The van der Waals surface area contributed by atoms with Crippen molar-refractivity contribution >= 4 is 23.7 Å². The van der Waals surface area contributed by atoms with E-state index in [-0.39, 0.29) is 0 Å². The van der Waals surface area contributed by atoms with Crippen LogP contribution in [0.2, 0.25) is 5.02 Å². The monoisotopic (exact) mass is 288 g/mol. The molecule has 102 valence electrons. The number of carbonyl (C=O) groups excluding carboxylic acids is 1. The maximum Gasteiger partial charge on any atom is 0.273 e. The summed E-state index contributed by atoms with van der Waals surface area (Å²) >= 11 is 5.76. The molecule has 1 amide bonds. The second kappa shape index (κ2) is 6.84. The Bertz CT molecular complexity index is 597. The van der Waals surface area contributed by atoms with Crippen LogP contribution in [-0.4, -0.2) is 17.2 Å². The lowest BCUT2D eigenvalue weighted by Crippen LogP contribution is -2.25. The molecule has 0 heterocycles. The molecule has 0 spiro atoms. The first-order chi connectivity index (χ1) is 9.66. The van der Waals surface area contributed by atoms with Gasteiger partial charge >= 0.3 is 0 Å². The summed E-state index contributed by atoms with van der Waals surface area (Å²) in [6.45, 7) is 0. The highest BCUT2D eigenvalue weighted by molar-refractivity contribution is 6.30. The molecule has 0 aliphatic rings. The summed E-state index contributed by atoms with van der Waals surface area (Å²) < 4.78 is 0. The molecule has 0 aliphatic heterocycles. The van der Waals surface area contributed by atoms with Gasteiger partial charge in [-0.25, -0.2) is 5.43 Å². The Morgan fingerprint density at radius 3 is 2.45 bits per heavy atom. The highest BCUT2D eigenvalue weighted by Crippen LogP contribution is 2.11. The Morgan fingerprint density at radius 1 is 1.15 bits per heavy atom. The van der Waals surface area contributed by atoms with Crippen LogP contribution in [0.3, 0.4) is 0 Å². The number of amides is 1. The minimum absolute atomic E-state index is 0.520. The van der Waals surface area contributed by atoms with Crippen molar-refractivity contribution in [3.8, 4) is 0 Å². The Kier molecular flexibility index (Phi) is 4.87. The van der Waals surface area contributed by atoms with Crippen molar-refractivity contribution in [2.24, 2.45) is 5.10 Å². The molecule has 0 saturated heterocycles. The molecule has 2 rings (SSSR count). The molecule has 4 nitrogen and oxygen atoms in total. The summed E-state index contributed by atoms with van der Waals surface area (Å²) in [5.74, 6) is -0.582. The number of nitrogens with one attached hydrogen (secondary N) is 1. The van der Waals surface area contributed by atoms with E-state index < -0.39 is 12.0 Å². The number of rotatable bonds is 4. The van der Waals surface area contributed by atoms with Gasteiger partial charge in [-0.2, -0.15) is 5.10 Å². The maximum absolute atomic E-state index is 11.7. The number of hydrazone groups is 1. The van der Waals surface area contributed by atoms with E-state index in [1.807, 2.05) is 6.07 Å². The van der Waals surface area contributed by atoms with Gasteiger partial charge in [0.2, 0.25) is 0 Å². The molecule has 0 aliphatic carbocycles. The average Bonchev–Trinajstić information content (AvgIpc) is 2.49. The Labute approximate surface area is 121 Å². The molecule has 0 saturated carbocycles. The van der Waals surface area contributed by atoms with Crippen molar-refractivity contribution < 1.29 is 9.90 Å². The Hall–Kier alpha value is -2.17. The van der Waals surface area contributed by atoms with E-state index in [4.69, 9.17) is 11.6 Å². The van der Waals surface area contributed by atoms with Crippen molar-refractivity contribution in [1.29, 1.82) is 0 Å². The van der Waals surface area contributed by atoms with Gasteiger partial charge in [-0.15, -0.1) is 0 Å². The van der Waals surface area contributed by atoms with Gasteiger partial charge in [0.15, 0.2) is 6.10 Å². The molecule has 2 aromatic carbocycles. The fourth-order valence-corrected chi connectivity index (χ4v) is 1.69. The van der Waals surface area contributed by atoms with Gasteiger partial charge in [0.25, 0.3) is 5.91 Å². The number of hydrogen-bond donors (Lipinski definition) is 2. The third kappa shape index (κ3) is 3.91. The largest absolute Gasteiger partial charge is 0.378 e. The highest BCUT2D eigenvalue weighted by atomic mass is 35.5. The maximum atomic E-state index is 11.7. The third-order valence-corrected chi connectivity index (χ3v) is 2.87. The van der Waals surface area contributed by atoms with Crippen molar-refractivity contribution in [2.45, 2.75) is 6.10 Å². The third-order valence-electron chi connectivity index (χ3n) is 2.62. The molecule has 0 bridgehead atoms. The standard InChI is InChI=1S/C15H13ClN2O2/c16-13-8-6-11(7-9-13)10-17-18-15(20)14(19)12-4-2-1-3-5-12/h1-10,14,19H,(H,18,20)/b17-10-/t14-/m1/s1. The van der Waals surface area contributed by atoms with E-state index in [2.05, 4.69) is 10.5 Å². The lowest BCUT2D eigenvalue weighted by atomic mass is 10.1. The van der Waals surface area contributed by atoms with Crippen molar-refractivity contribution in [3.05, 3.63) is 70.7 Å². The van der Waals surface area contributed by atoms with E-state index in [9.17, 15) is 9.90 Å². The highest BCUT2D eigenvalue weighted by Gasteiger charge is 2.15. The zero-order valence-corrected chi connectivity index (χ0v) is 11.3. The minimum Gasteiger partial charge on any atom is -0.378 e. The summed E-state index contributed by atoms with van der Waals surface area (Å²) in [5.41, 5.74) is 3.61. The summed E-state index contributed by atoms with van der Waals surface area (Å²) in [5, 5.41) is 14.2. The minimum atomic E-state index is -1.24. The van der Waals surface area contributed by atoms with Crippen LogP contribution in [0.5, 0.6) is 0 Å². The van der Waals surface area contributed by atoms with Crippen molar-refractivity contribution in [3.63, 3.8) is 0 Å². The first kappa shape index (κ1) is 14.2.